The third-order valence-corrected chi connectivity index (χ3v) is 5.47. The van der Waals surface area contributed by atoms with Gasteiger partial charge in [-0.1, -0.05) is 24.3 Å². The number of amides is 1. The summed E-state index contributed by atoms with van der Waals surface area (Å²) < 4.78 is 16.2. The summed E-state index contributed by atoms with van der Waals surface area (Å²) in [7, 11) is 1.60. The molecule has 2 atom stereocenters. The predicted molar refractivity (Wildman–Crippen MR) is 123 cm³/mol. The summed E-state index contributed by atoms with van der Waals surface area (Å²) >= 11 is 0. The van der Waals surface area contributed by atoms with Crippen molar-refractivity contribution in [2.45, 2.75) is 37.8 Å². The minimum absolute atomic E-state index is 0.0161. The highest BCUT2D eigenvalue weighted by Gasteiger charge is 2.18. The molecule has 0 aliphatic heterocycles. The number of hydrogen-bond donors (Lipinski definition) is 3. The maximum Gasteiger partial charge on any atom is 0.258 e. The molecule has 3 rings (SSSR count). The summed E-state index contributed by atoms with van der Waals surface area (Å²) in [5.74, 6) is 1.29. The number of carbonyl (C=O) groups is 1. The van der Waals surface area contributed by atoms with Crippen LogP contribution >= 0.6 is 0 Å². The van der Waals surface area contributed by atoms with Crippen LogP contribution in [-0.4, -0.2) is 63.2 Å². The van der Waals surface area contributed by atoms with Gasteiger partial charge in [0.25, 0.3) is 5.91 Å². The van der Waals surface area contributed by atoms with Crippen LogP contribution in [0.3, 0.4) is 0 Å². The minimum Gasteiger partial charge on any atom is -0.491 e. The standard InChI is InChI=1S/C25H34N2O5/c1-30-13-12-26-25(29)18-32-24-11-10-19-6-5-7-21(14-20(19)15-24)27-16-22(28)17-31-23-8-3-2-4-9-23/h2-4,8-11,15,21-22,27-28H,5-7,12-14,16-18H2,1H3,(H,26,29)/t21?,22-/m0/s1. The van der Waals surface area contributed by atoms with Crippen molar-refractivity contribution in [3.05, 3.63) is 59.7 Å². The second-order valence-corrected chi connectivity index (χ2v) is 8.04. The predicted octanol–water partition coefficient (Wildman–Crippen LogP) is 2.10. The molecule has 0 bridgehead atoms. The number of hydrogen-bond acceptors (Lipinski definition) is 6. The molecule has 0 aromatic heterocycles. The van der Waals surface area contributed by atoms with E-state index >= 15 is 0 Å². The van der Waals surface area contributed by atoms with E-state index in [0.29, 0.717) is 25.4 Å². The van der Waals surface area contributed by atoms with E-state index in [1.165, 1.54) is 11.1 Å². The second kappa shape index (κ2) is 13.1. The van der Waals surface area contributed by atoms with Crippen molar-refractivity contribution in [2.24, 2.45) is 0 Å². The quantitative estimate of drug-likeness (QED) is 0.345. The van der Waals surface area contributed by atoms with Gasteiger partial charge in [-0.15, -0.1) is 0 Å². The number of ether oxygens (including phenoxy) is 3. The van der Waals surface area contributed by atoms with Crippen molar-refractivity contribution >= 4 is 5.91 Å². The third kappa shape index (κ3) is 8.15. The van der Waals surface area contributed by atoms with Gasteiger partial charge in [-0.3, -0.25) is 4.79 Å². The molecule has 0 spiro atoms. The van der Waals surface area contributed by atoms with Gasteiger partial charge in [-0.05, 0) is 61.1 Å². The largest absolute Gasteiger partial charge is 0.491 e. The van der Waals surface area contributed by atoms with Crippen LogP contribution in [-0.2, 0) is 22.4 Å². The van der Waals surface area contributed by atoms with E-state index in [1.54, 1.807) is 7.11 Å². The molecule has 3 N–H and O–H groups in total. The summed E-state index contributed by atoms with van der Waals surface area (Å²) in [6.07, 6.45) is 3.43. The molecule has 2 aromatic rings. The number of aliphatic hydroxyl groups excluding tert-OH is 1. The average molecular weight is 443 g/mol. The van der Waals surface area contributed by atoms with Crippen molar-refractivity contribution in [1.29, 1.82) is 0 Å². The van der Waals surface area contributed by atoms with Crippen LogP contribution in [0.1, 0.15) is 24.0 Å². The summed E-state index contributed by atoms with van der Waals surface area (Å²) in [6, 6.07) is 15.9. The van der Waals surface area contributed by atoms with Crippen LogP contribution in [0.2, 0.25) is 0 Å². The summed E-state index contributed by atoms with van der Waals surface area (Å²) in [6.45, 7) is 1.66. The molecule has 0 heterocycles. The van der Waals surface area contributed by atoms with Crippen molar-refractivity contribution in [2.75, 3.05) is 40.0 Å². The smallest absolute Gasteiger partial charge is 0.258 e. The molecule has 0 saturated heterocycles. The van der Waals surface area contributed by atoms with Crippen molar-refractivity contribution in [3.63, 3.8) is 0 Å². The zero-order valence-corrected chi connectivity index (χ0v) is 18.7. The number of methoxy groups -OCH3 is 1. The topological polar surface area (TPSA) is 89.1 Å². The summed E-state index contributed by atoms with van der Waals surface area (Å²) in [4.78, 5) is 11.8. The molecule has 32 heavy (non-hydrogen) atoms. The molecule has 0 fully saturated rings. The van der Waals surface area contributed by atoms with Gasteiger partial charge < -0.3 is 30.0 Å². The number of para-hydroxylation sites is 1. The summed E-state index contributed by atoms with van der Waals surface area (Å²) in [5.41, 5.74) is 2.55. The highest BCUT2D eigenvalue weighted by molar-refractivity contribution is 5.77. The molecule has 2 aromatic carbocycles. The first-order valence-electron chi connectivity index (χ1n) is 11.2. The number of carbonyl (C=O) groups excluding carboxylic acids is 1. The number of fused-ring (bicyclic) bond motifs is 1. The Bertz CT molecular complexity index is 830. The lowest BCUT2D eigenvalue weighted by Gasteiger charge is -2.20. The zero-order chi connectivity index (χ0) is 22.6. The van der Waals surface area contributed by atoms with Crippen molar-refractivity contribution in [3.8, 4) is 11.5 Å². The molecule has 1 aliphatic rings. The number of aryl methyl sites for hydroxylation is 1. The molecule has 1 aliphatic carbocycles. The molecule has 1 unspecified atom stereocenters. The molecular formula is C25H34N2O5. The zero-order valence-electron chi connectivity index (χ0n) is 18.7. The normalized spacial score (nSPS) is 16.5. The molecule has 7 heteroatoms. The van der Waals surface area contributed by atoms with Crippen LogP contribution in [0.4, 0.5) is 0 Å². The fourth-order valence-electron chi connectivity index (χ4n) is 3.77. The Labute approximate surface area is 190 Å². The first-order valence-corrected chi connectivity index (χ1v) is 11.2. The van der Waals surface area contributed by atoms with Crippen LogP contribution < -0.4 is 20.1 Å². The number of nitrogens with one attached hydrogen (secondary N) is 2. The fraction of sp³-hybridized carbons (Fsp3) is 0.480. The van der Waals surface area contributed by atoms with Crippen LogP contribution in [0.5, 0.6) is 11.5 Å². The average Bonchev–Trinajstić information content (AvgIpc) is 3.02. The van der Waals surface area contributed by atoms with Gasteiger partial charge in [0.05, 0.1) is 6.61 Å². The van der Waals surface area contributed by atoms with E-state index < -0.39 is 6.10 Å². The van der Waals surface area contributed by atoms with Crippen molar-refractivity contribution < 1.29 is 24.1 Å². The van der Waals surface area contributed by atoms with Gasteiger partial charge in [-0.25, -0.2) is 0 Å². The van der Waals surface area contributed by atoms with Gasteiger partial charge in [-0.2, -0.15) is 0 Å². The number of rotatable bonds is 12. The fourth-order valence-corrected chi connectivity index (χ4v) is 3.77. The maximum atomic E-state index is 11.8. The SMILES string of the molecule is COCCNC(=O)COc1ccc2c(c1)CC(NC[C@H](O)COc1ccccc1)CCC2. The molecular weight excluding hydrogens is 408 g/mol. The van der Waals surface area contributed by atoms with Gasteiger partial charge >= 0.3 is 0 Å². The Balaban J connectivity index is 1.46. The van der Waals surface area contributed by atoms with E-state index in [2.05, 4.69) is 16.7 Å². The van der Waals surface area contributed by atoms with E-state index in [9.17, 15) is 9.90 Å². The van der Waals surface area contributed by atoms with Crippen LogP contribution in [0, 0.1) is 0 Å². The van der Waals surface area contributed by atoms with Crippen molar-refractivity contribution in [1.82, 2.24) is 10.6 Å². The van der Waals surface area contributed by atoms with Gasteiger partial charge in [0.2, 0.25) is 0 Å². The molecule has 174 valence electrons. The molecule has 0 saturated carbocycles. The van der Waals surface area contributed by atoms with Gasteiger partial charge in [0.15, 0.2) is 6.61 Å². The van der Waals surface area contributed by atoms with Gasteiger partial charge in [0, 0.05) is 26.2 Å². The van der Waals surface area contributed by atoms with E-state index in [4.69, 9.17) is 14.2 Å². The summed E-state index contributed by atoms with van der Waals surface area (Å²) in [5, 5.41) is 16.5. The second-order valence-electron chi connectivity index (χ2n) is 8.04. The monoisotopic (exact) mass is 442 g/mol. The molecule has 7 nitrogen and oxygen atoms in total. The first kappa shape index (κ1) is 24.0. The minimum atomic E-state index is -0.579. The number of benzene rings is 2. The Morgan fingerprint density at radius 2 is 1.97 bits per heavy atom. The Morgan fingerprint density at radius 1 is 1.12 bits per heavy atom. The molecule has 0 radical (unpaired) electrons. The van der Waals surface area contributed by atoms with E-state index in [0.717, 1.165) is 31.4 Å². The lowest BCUT2D eigenvalue weighted by atomic mass is 10.0. The van der Waals surface area contributed by atoms with Gasteiger partial charge in [0.1, 0.15) is 24.2 Å². The van der Waals surface area contributed by atoms with Crippen LogP contribution in [0.25, 0.3) is 0 Å². The first-order chi connectivity index (χ1) is 15.6. The van der Waals surface area contributed by atoms with Crippen LogP contribution in [0.15, 0.2) is 48.5 Å². The van der Waals surface area contributed by atoms with E-state index in [1.807, 2.05) is 42.5 Å². The highest BCUT2D eigenvalue weighted by atomic mass is 16.5. The number of aliphatic hydroxyl groups is 1. The lowest BCUT2D eigenvalue weighted by Crippen LogP contribution is -2.39. The lowest BCUT2D eigenvalue weighted by molar-refractivity contribution is -0.123. The van der Waals surface area contributed by atoms with E-state index in [-0.39, 0.29) is 25.2 Å². The Morgan fingerprint density at radius 3 is 2.78 bits per heavy atom. The Kier molecular flexibility index (Phi) is 9.81. The highest BCUT2D eigenvalue weighted by Crippen LogP contribution is 2.25. The Hall–Kier alpha value is -2.61. The molecule has 1 amide bonds. The maximum absolute atomic E-state index is 11.8. The third-order valence-electron chi connectivity index (χ3n) is 5.47.